The number of methoxy groups -OCH3 is 2. The number of ether oxygens (including phenoxy) is 2. The van der Waals surface area contributed by atoms with Crippen LogP contribution in [0.25, 0.3) is 0 Å². The fourth-order valence-corrected chi connectivity index (χ4v) is 4.53. The number of nitrogens with zero attached hydrogens (tertiary/aromatic N) is 2. The van der Waals surface area contributed by atoms with Gasteiger partial charge in [0.25, 0.3) is 17.7 Å². The number of carbonyl (C=O) groups excluding carboxylic acids is 3. The molecule has 1 atom stereocenters. The van der Waals surface area contributed by atoms with Crippen LogP contribution in [0, 0.1) is 0 Å². The summed E-state index contributed by atoms with van der Waals surface area (Å²) in [6, 6.07) is 15.8. The van der Waals surface area contributed by atoms with Gasteiger partial charge in [0, 0.05) is 6.54 Å². The van der Waals surface area contributed by atoms with E-state index in [-0.39, 0.29) is 34.3 Å². The smallest absolute Gasteiger partial charge is 0.273 e. The molecule has 3 amide bonds. The number of nitrogens with one attached hydrogen (secondary N) is 1. The van der Waals surface area contributed by atoms with E-state index in [4.69, 9.17) is 25.4 Å². The highest BCUT2D eigenvalue weighted by atomic mass is 32.1. The maximum absolute atomic E-state index is 14.0. The van der Waals surface area contributed by atoms with Gasteiger partial charge >= 0.3 is 0 Å². The Balaban J connectivity index is 1.78. The van der Waals surface area contributed by atoms with Crippen LogP contribution in [-0.2, 0) is 11.3 Å². The molecule has 2 aromatic heterocycles. The Labute approximate surface area is 222 Å². The summed E-state index contributed by atoms with van der Waals surface area (Å²) in [5.74, 6) is -0.917. The fourth-order valence-electron chi connectivity index (χ4n) is 3.78. The van der Waals surface area contributed by atoms with Crippen molar-refractivity contribution in [3.8, 4) is 11.5 Å². The zero-order chi connectivity index (χ0) is 27.2. The normalized spacial score (nSPS) is 11.4. The van der Waals surface area contributed by atoms with Crippen LogP contribution in [0.1, 0.15) is 37.5 Å². The number of rotatable bonds is 10. The number of furan rings is 1. The Hall–Kier alpha value is -4.84. The van der Waals surface area contributed by atoms with E-state index in [1.54, 1.807) is 55.6 Å². The molecule has 2 heterocycles. The van der Waals surface area contributed by atoms with Crippen molar-refractivity contribution < 1.29 is 28.3 Å². The number of carbonyl (C=O) groups is 3. The van der Waals surface area contributed by atoms with Gasteiger partial charge in [0.05, 0.1) is 31.9 Å². The van der Waals surface area contributed by atoms with Crippen LogP contribution in [0.5, 0.6) is 11.5 Å². The lowest BCUT2D eigenvalue weighted by Gasteiger charge is -2.30. The molecule has 11 nitrogen and oxygen atoms in total. The standard InChI is InChI=1S/C26H25N5O6S/c1-35-16-11-9-15(10-12-16)14-29-25(33)22(19-8-5-13-37-19)31(17-6-3-4-7-18(17)36-2)26(34)23-20(27)21(24(28)32)30-38-23/h3-13,22H,14,27H2,1-2H3,(H2,28,32)(H,29,33)/t22-/m0/s1. The molecule has 12 heteroatoms. The Morgan fingerprint density at radius 3 is 2.39 bits per heavy atom. The van der Waals surface area contributed by atoms with Gasteiger partial charge in [-0.1, -0.05) is 24.3 Å². The quantitative estimate of drug-likeness (QED) is 0.279. The second-order valence-corrected chi connectivity index (χ2v) is 8.74. The largest absolute Gasteiger partial charge is 0.497 e. The van der Waals surface area contributed by atoms with Crippen molar-refractivity contribution in [3.63, 3.8) is 0 Å². The first-order valence-corrected chi connectivity index (χ1v) is 12.1. The molecule has 0 unspecified atom stereocenters. The minimum Gasteiger partial charge on any atom is -0.497 e. The number of hydrogen-bond acceptors (Lipinski definition) is 9. The number of hydrogen-bond donors (Lipinski definition) is 3. The molecule has 5 N–H and O–H groups in total. The number of benzene rings is 2. The van der Waals surface area contributed by atoms with E-state index in [9.17, 15) is 14.4 Å². The van der Waals surface area contributed by atoms with Crippen molar-refractivity contribution in [1.29, 1.82) is 0 Å². The van der Waals surface area contributed by atoms with Gasteiger partial charge in [-0.25, -0.2) is 0 Å². The molecule has 0 radical (unpaired) electrons. The van der Waals surface area contributed by atoms with Crippen LogP contribution < -0.4 is 31.2 Å². The number of para-hydroxylation sites is 2. The molecule has 0 fully saturated rings. The fraction of sp³-hybridized carbons (Fsp3) is 0.154. The van der Waals surface area contributed by atoms with Gasteiger partial charge in [0.2, 0.25) is 0 Å². The highest BCUT2D eigenvalue weighted by molar-refractivity contribution is 7.09. The molecular formula is C26H25N5O6S. The molecule has 2 aromatic carbocycles. The highest BCUT2D eigenvalue weighted by Gasteiger charge is 2.38. The zero-order valence-corrected chi connectivity index (χ0v) is 21.4. The second-order valence-electron chi connectivity index (χ2n) is 7.97. The van der Waals surface area contributed by atoms with Crippen molar-refractivity contribution in [2.24, 2.45) is 5.73 Å². The average Bonchev–Trinajstić information content (AvgIpc) is 3.60. The maximum atomic E-state index is 14.0. The van der Waals surface area contributed by atoms with E-state index in [1.165, 1.54) is 18.3 Å². The Morgan fingerprint density at radius 2 is 1.79 bits per heavy atom. The van der Waals surface area contributed by atoms with Crippen LogP contribution in [0.2, 0.25) is 0 Å². The molecule has 0 saturated heterocycles. The van der Waals surface area contributed by atoms with Crippen molar-refractivity contribution >= 4 is 40.6 Å². The van der Waals surface area contributed by atoms with E-state index in [1.807, 2.05) is 12.1 Å². The molecule has 0 aliphatic heterocycles. The van der Waals surface area contributed by atoms with E-state index in [2.05, 4.69) is 9.69 Å². The summed E-state index contributed by atoms with van der Waals surface area (Å²) in [5, 5.41) is 2.86. The summed E-state index contributed by atoms with van der Waals surface area (Å²) in [5.41, 5.74) is 12.1. The van der Waals surface area contributed by atoms with E-state index >= 15 is 0 Å². The molecule has 0 saturated carbocycles. The number of amides is 3. The summed E-state index contributed by atoms with van der Waals surface area (Å²) in [6.45, 7) is 0.169. The molecule has 196 valence electrons. The topological polar surface area (TPSA) is 163 Å². The maximum Gasteiger partial charge on any atom is 0.273 e. The molecule has 4 rings (SSSR count). The zero-order valence-electron chi connectivity index (χ0n) is 20.5. The van der Waals surface area contributed by atoms with Gasteiger partial charge in [0.15, 0.2) is 11.7 Å². The highest BCUT2D eigenvalue weighted by Crippen LogP contribution is 2.38. The lowest BCUT2D eigenvalue weighted by atomic mass is 10.1. The second kappa shape index (κ2) is 11.5. The van der Waals surface area contributed by atoms with Crippen molar-refractivity contribution in [1.82, 2.24) is 9.69 Å². The SMILES string of the molecule is COc1ccc(CNC(=O)[C@H](c2ccco2)N(C(=O)c2snc(C(N)=O)c2N)c2ccccc2OC)cc1. The van der Waals surface area contributed by atoms with Crippen LogP contribution in [0.15, 0.2) is 71.3 Å². The van der Waals surface area contributed by atoms with Gasteiger partial charge in [-0.15, -0.1) is 0 Å². The summed E-state index contributed by atoms with van der Waals surface area (Å²) in [6.07, 6.45) is 1.40. The van der Waals surface area contributed by atoms with Crippen LogP contribution >= 0.6 is 11.5 Å². The number of anilines is 2. The molecule has 38 heavy (non-hydrogen) atoms. The van der Waals surface area contributed by atoms with Crippen LogP contribution in [0.3, 0.4) is 0 Å². The van der Waals surface area contributed by atoms with Crippen LogP contribution in [0.4, 0.5) is 11.4 Å². The third kappa shape index (κ3) is 5.30. The Kier molecular flexibility index (Phi) is 7.92. The van der Waals surface area contributed by atoms with Gasteiger partial charge < -0.3 is 30.7 Å². The molecule has 0 aliphatic rings. The minimum absolute atomic E-state index is 0.0655. The summed E-state index contributed by atoms with van der Waals surface area (Å²) < 4.78 is 20.2. The Morgan fingerprint density at radius 1 is 1.05 bits per heavy atom. The number of nitrogens with two attached hydrogens (primary N) is 2. The van der Waals surface area contributed by atoms with Gasteiger partial charge in [-0.2, -0.15) is 4.37 Å². The summed E-state index contributed by atoms with van der Waals surface area (Å²) in [4.78, 5) is 40.6. The molecule has 0 bridgehead atoms. The first kappa shape index (κ1) is 26.2. The number of primary amides is 1. The minimum atomic E-state index is -1.27. The van der Waals surface area contributed by atoms with Crippen molar-refractivity contribution in [2.75, 3.05) is 24.9 Å². The van der Waals surface area contributed by atoms with Crippen LogP contribution in [-0.4, -0.2) is 36.3 Å². The van der Waals surface area contributed by atoms with Gasteiger partial charge in [-0.3, -0.25) is 19.3 Å². The summed E-state index contributed by atoms with van der Waals surface area (Å²) >= 11 is 0.707. The molecule has 0 spiro atoms. The first-order valence-electron chi connectivity index (χ1n) is 11.3. The lowest BCUT2D eigenvalue weighted by Crippen LogP contribution is -2.44. The average molecular weight is 536 g/mol. The van der Waals surface area contributed by atoms with Gasteiger partial charge in [0.1, 0.15) is 22.1 Å². The lowest BCUT2D eigenvalue weighted by molar-refractivity contribution is -0.123. The van der Waals surface area contributed by atoms with Crippen molar-refractivity contribution in [2.45, 2.75) is 12.6 Å². The molecule has 4 aromatic rings. The molecular weight excluding hydrogens is 510 g/mol. The van der Waals surface area contributed by atoms with E-state index in [0.717, 1.165) is 5.56 Å². The monoisotopic (exact) mass is 535 g/mol. The Bertz CT molecular complexity index is 1430. The predicted octanol–water partition coefficient (Wildman–Crippen LogP) is 3.14. The van der Waals surface area contributed by atoms with Crippen molar-refractivity contribution in [3.05, 3.63) is 88.8 Å². The third-order valence-corrected chi connectivity index (χ3v) is 6.52. The predicted molar refractivity (Wildman–Crippen MR) is 141 cm³/mol. The number of aromatic nitrogens is 1. The first-order chi connectivity index (χ1) is 18.3. The summed E-state index contributed by atoms with van der Waals surface area (Å²) in [7, 11) is 3.01. The van der Waals surface area contributed by atoms with E-state index < -0.39 is 23.8 Å². The van der Waals surface area contributed by atoms with E-state index in [0.29, 0.717) is 23.0 Å². The molecule has 0 aliphatic carbocycles. The van der Waals surface area contributed by atoms with Gasteiger partial charge in [-0.05, 0) is 53.5 Å². The number of nitrogen functional groups attached to an aromatic ring is 1. The third-order valence-electron chi connectivity index (χ3n) is 5.66.